The SMILES string of the molecule is N#C[C@H]1CC[C@@H](OC(=O)c2ccc3c(c2)OCO3)C1. The summed E-state index contributed by atoms with van der Waals surface area (Å²) >= 11 is 0. The maximum atomic E-state index is 12.0. The molecular formula is C14H13NO4. The van der Waals surface area contributed by atoms with Gasteiger partial charge in [0, 0.05) is 12.3 Å². The molecule has 2 atom stereocenters. The molecule has 19 heavy (non-hydrogen) atoms. The number of benzene rings is 1. The molecule has 0 saturated heterocycles. The highest BCUT2D eigenvalue weighted by Gasteiger charge is 2.28. The van der Waals surface area contributed by atoms with Crippen LogP contribution in [0.2, 0.25) is 0 Å². The van der Waals surface area contributed by atoms with E-state index in [1.807, 2.05) is 0 Å². The van der Waals surface area contributed by atoms with Crippen molar-refractivity contribution in [1.82, 2.24) is 0 Å². The molecule has 2 aliphatic rings. The molecule has 5 nitrogen and oxygen atoms in total. The molecule has 1 heterocycles. The van der Waals surface area contributed by atoms with Gasteiger partial charge in [0.05, 0.1) is 11.6 Å². The van der Waals surface area contributed by atoms with Crippen LogP contribution >= 0.6 is 0 Å². The van der Waals surface area contributed by atoms with Gasteiger partial charge in [-0.3, -0.25) is 0 Å². The van der Waals surface area contributed by atoms with Crippen molar-refractivity contribution in [3.8, 4) is 17.6 Å². The van der Waals surface area contributed by atoms with Crippen LogP contribution in [-0.2, 0) is 4.74 Å². The van der Waals surface area contributed by atoms with E-state index in [1.165, 1.54) is 0 Å². The number of carbonyl (C=O) groups excluding carboxylic acids is 1. The fourth-order valence-electron chi connectivity index (χ4n) is 2.41. The van der Waals surface area contributed by atoms with Crippen LogP contribution in [0.3, 0.4) is 0 Å². The number of fused-ring (bicyclic) bond motifs is 1. The van der Waals surface area contributed by atoms with Crippen LogP contribution in [0.5, 0.6) is 11.5 Å². The molecule has 1 aromatic carbocycles. The average molecular weight is 259 g/mol. The third kappa shape index (κ3) is 2.34. The molecule has 0 unspecified atom stereocenters. The molecule has 0 aromatic heterocycles. The van der Waals surface area contributed by atoms with Crippen LogP contribution in [0.25, 0.3) is 0 Å². The van der Waals surface area contributed by atoms with E-state index in [-0.39, 0.29) is 24.8 Å². The van der Waals surface area contributed by atoms with Crippen molar-refractivity contribution in [3.05, 3.63) is 23.8 Å². The molecule has 1 saturated carbocycles. The fraction of sp³-hybridized carbons (Fsp3) is 0.429. The Morgan fingerprint density at radius 2 is 2.16 bits per heavy atom. The Bertz CT molecular complexity index is 549. The first-order valence-corrected chi connectivity index (χ1v) is 6.26. The molecule has 0 N–H and O–H groups in total. The quantitative estimate of drug-likeness (QED) is 0.762. The zero-order chi connectivity index (χ0) is 13.2. The predicted molar refractivity (Wildman–Crippen MR) is 64.7 cm³/mol. The topological polar surface area (TPSA) is 68.5 Å². The fourth-order valence-corrected chi connectivity index (χ4v) is 2.41. The van der Waals surface area contributed by atoms with Gasteiger partial charge in [-0.25, -0.2) is 4.79 Å². The Morgan fingerprint density at radius 1 is 1.32 bits per heavy atom. The van der Waals surface area contributed by atoms with E-state index in [4.69, 9.17) is 19.5 Å². The van der Waals surface area contributed by atoms with Crippen LogP contribution in [0.4, 0.5) is 0 Å². The highest BCUT2D eigenvalue weighted by molar-refractivity contribution is 5.90. The van der Waals surface area contributed by atoms with Gasteiger partial charge >= 0.3 is 5.97 Å². The normalized spacial score (nSPS) is 23.9. The number of carbonyl (C=O) groups is 1. The number of hydrogen-bond donors (Lipinski definition) is 0. The molecule has 0 amide bonds. The third-order valence-corrected chi connectivity index (χ3v) is 3.45. The van der Waals surface area contributed by atoms with Gasteiger partial charge in [-0.15, -0.1) is 0 Å². The second kappa shape index (κ2) is 4.81. The van der Waals surface area contributed by atoms with Gasteiger partial charge in [0.15, 0.2) is 11.5 Å². The molecule has 1 aliphatic carbocycles. The van der Waals surface area contributed by atoms with Crippen molar-refractivity contribution in [3.63, 3.8) is 0 Å². The highest BCUT2D eigenvalue weighted by Crippen LogP contribution is 2.33. The van der Waals surface area contributed by atoms with E-state index in [9.17, 15) is 4.79 Å². The van der Waals surface area contributed by atoms with Gasteiger partial charge in [-0.1, -0.05) is 0 Å². The van der Waals surface area contributed by atoms with Crippen molar-refractivity contribution in [1.29, 1.82) is 5.26 Å². The Hall–Kier alpha value is -2.22. The van der Waals surface area contributed by atoms with Gasteiger partial charge in [0.1, 0.15) is 6.10 Å². The van der Waals surface area contributed by atoms with Crippen molar-refractivity contribution < 1.29 is 19.0 Å². The van der Waals surface area contributed by atoms with Crippen molar-refractivity contribution in [2.24, 2.45) is 5.92 Å². The summed E-state index contributed by atoms with van der Waals surface area (Å²) in [6.07, 6.45) is 2.04. The van der Waals surface area contributed by atoms with E-state index < -0.39 is 0 Å². The number of nitriles is 1. The lowest BCUT2D eigenvalue weighted by molar-refractivity contribution is 0.0313. The van der Waals surface area contributed by atoms with Gasteiger partial charge in [0.2, 0.25) is 6.79 Å². The first kappa shape index (κ1) is 11.8. The van der Waals surface area contributed by atoms with Crippen molar-refractivity contribution >= 4 is 5.97 Å². The molecule has 98 valence electrons. The minimum absolute atomic E-state index is 0.00885. The van der Waals surface area contributed by atoms with E-state index in [1.54, 1.807) is 18.2 Å². The lowest BCUT2D eigenvalue weighted by atomic mass is 10.1. The maximum absolute atomic E-state index is 12.0. The number of rotatable bonds is 2. The maximum Gasteiger partial charge on any atom is 0.338 e. The van der Waals surface area contributed by atoms with Crippen molar-refractivity contribution in [2.75, 3.05) is 6.79 Å². The Morgan fingerprint density at radius 3 is 2.95 bits per heavy atom. The van der Waals surface area contributed by atoms with Crippen LogP contribution in [-0.4, -0.2) is 18.9 Å². The standard InChI is InChI=1S/C14H13NO4/c15-7-9-1-3-11(5-9)19-14(16)10-2-4-12-13(6-10)18-8-17-12/h2,4,6,9,11H,1,3,5,8H2/t9-,11+/m0/s1. The lowest BCUT2D eigenvalue weighted by Gasteiger charge is -2.11. The number of nitrogens with zero attached hydrogens (tertiary/aromatic N) is 1. The van der Waals surface area contributed by atoms with Gasteiger partial charge < -0.3 is 14.2 Å². The van der Waals surface area contributed by atoms with E-state index >= 15 is 0 Å². The van der Waals surface area contributed by atoms with Crippen molar-refractivity contribution in [2.45, 2.75) is 25.4 Å². The summed E-state index contributed by atoms with van der Waals surface area (Å²) in [5.41, 5.74) is 0.449. The Labute approximate surface area is 110 Å². The lowest BCUT2D eigenvalue weighted by Crippen LogP contribution is -2.15. The number of esters is 1. The summed E-state index contributed by atoms with van der Waals surface area (Å²) in [4.78, 5) is 12.0. The van der Waals surface area contributed by atoms with Gasteiger partial charge in [-0.05, 0) is 31.0 Å². The summed E-state index contributed by atoms with van der Waals surface area (Å²) < 4.78 is 15.8. The second-order valence-electron chi connectivity index (χ2n) is 4.73. The van der Waals surface area contributed by atoms with E-state index in [2.05, 4.69) is 6.07 Å². The van der Waals surface area contributed by atoms with Gasteiger partial charge in [-0.2, -0.15) is 5.26 Å². The van der Waals surface area contributed by atoms with E-state index in [0.29, 0.717) is 23.5 Å². The molecule has 0 bridgehead atoms. The zero-order valence-electron chi connectivity index (χ0n) is 10.3. The predicted octanol–water partition coefficient (Wildman–Crippen LogP) is 2.26. The van der Waals surface area contributed by atoms with Crippen LogP contribution in [0.15, 0.2) is 18.2 Å². The number of ether oxygens (including phenoxy) is 3. The van der Waals surface area contributed by atoms with Gasteiger partial charge in [0.25, 0.3) is 0 Å². The first-order chi connectivity index (χ1) is 9.26. The highest BCUT2D eigenvalue weighted by atomic mass is 16.7. The molecule has 1 fully saturated rings. The molecular weight excluding hydrogens is 246 g/mol. The largest absolute Gasteiger partial charge is 0.459 e. The summed E-state index contributed by atoms with van der Waals surface area (Å²) in [5, 5.41) is 8.82. The Balaban J connectivity index is 1.66. The zero-order valence-corrected chi connectivity index (χ0v) is 10.3. The molecule has 5 heteroatoms. The third-order valence-electron chi connectivity index (χ3n) is 3.45. The first-order valence-electron chi connectivity index (χ1n) is 6.26. The molecule has 0 spiro atoms. The molecule has 1 aromatic rings. The summed E-state index contributed by atoms with van der Waals surface area (Å²) in [5.74, 6) is 0.842. The number of hydrogen-bond acceptors (Lipinski definition) is 5. The Kier molecular flexibility index (Phi) is 3.00. The molecule has 0 radical (unpaired) electrons. The smallest absolute Gasteiger partial charge is 0.338 e. The minimum atomic E-state index is -0.373. The summed E-state index contributed by atoms with van der Waals surface area (Å²) in [6.45, 7) is 0.181. The average Bonchev–Trinajstić information content (AvgIpc) is 3.05. The minimum Gasteiger partial charge on any atom is -0.459 e. The molecule has 3 rings (SSSR count). The van der Waals surface area contributed by atoms with Crippen LogP contribution in [0, 0.1) is 17.2 Å². The van der Waals surface area contributed by atoms with Crippen LogP contribution < -0.4 is 9.47 Å². The second-order valence-corrected chi connectivity index (χ2v) is 4.73. The summed E-state index contributed by atoms with van der Waals surface area (Å²) in [7, 11) is 0. The van der Waals surface area contributed by atoms with E-state index in [0.717, 1.165) is 12.8 Å². The summed E-state index contributed by atoms with van der Waals surface area (Å²) in [6, 6.07) is 7.20. The van der Waals surface area contributed by atoms with Crippen LogP contribution in [0.1, 0.15) is 29.6 Å². The molecule has 1 aliphatic heterocycles. The monoisotopic (exact) mass is 259 g/mol.